The second-order valence-corrected chi connectivity index (χ2v) is 7.85. The largest absolute Gasteiger partial charge is 0.293 e. The number of rotatable bonds is 4. The average molecular weight is 510 g/mol. The van der Waals surface area contributed by atoms with Gasteiger partial charge >= 0.3 is 0 Å². The normalized spacial score (nSPS) is 11.3. The van der Waals surface area contributed by atoms with E-state index in [4.69, 9.17) is 0 Å². The van der Waals surface area contributed by atoms with Gasteiger partial charge in [0.2, 0.25) is 0 Å². The molecule has 2 heterocycles. The fourth-order valence-corrected chi connectivity index (χ4v) is 3.61. The number of hydrogen-bond acceptors (Lipinski definition) is 5. The highest BCUT2D eigenvalue weighted by atomic mass is 127. The molecule has 4 aromatic rings. The summed E-state index contributed by atoms with van der Waals surface area (Å²) >= 11 is 2.12. The summed E-state index contributed by atoms with van der Waals surface area (Å²) in [6.07, 6.45) is 5.02. The van der Waals surface area contributed by atoms with E-state index in [2.05, 4.69) is 32.6 Å². The summed E-state index contributed by atoms with van der Waals surface area (Å²) < 4.78 is 2.16. The summed E-state index contributed by atoms with van der Waals surface area (Å²) in [6, 6.07) is 15.6. The minimum atomic E-state index is -0.486. The van der Waals surface area contributed by atoms with Crippen LogP contribution in [0.2, 0.25) is 0 Å². The molecule has 0 amide bonds. The van der Waals surface area contributed by atoms with E-state index in [9.17, 15) is 14.9 Å². The molecule has 0 aliphatic carbocycles. The van der Waals surface area contributed by atoms with E-state index >= 15 is 0 Å². The van der Waals surface area contributed by atoms with Crippen LogP contribution in [-0.4, -0.2) is 19.5 Å². The number of nitro groups is 1. The van der Waals surface area contributed by atoms with Crippen molar-refractivity contribution in [1.82, 2.24) is 14.5 Å². The molecule has 0 spiro atoms. The number of pyridine rings is 1. The first kappa shape index (κ1) is 19.9. The van der Waals surface area contributed by atoms with Crippen molar-refractivity contribution in [2.24, 2.45) is 0 Å². The maximum Gasteiger partial charge on any atom is 0.293 e. The lowest BCUT2D eigenvalue weighted by Crippen LogP contribution is -2.23. The predicted molar refractivity (Wildman–Crippen MR) is 125 cm³/mol. The van der Waals surface area contributed by atoms with Gasteiger partial charge in [-0.2, -0.15) is 0 Å². The Balaban J connectivity index is 2.04. The zero-order valence-corrected chi connectivity index (χ0v) is 18.0. The molecule has 2 aromatic carbocycles. The molecular weight excluding hydrogens is 495 g/mol. The second-order valence-electron chi connectivity index (χ2n) is 6.61. The van der Waals surface area contributed by atoms with E-state index in [1.54, 1.807) is 55.6 Å². The summed E-state index contributed by atoms with van der Waals surface area (Å²) in [6.45, 7) is 1.77. The third kappa shape index (κ3) is 3.86. The molecule has 0 saturated heterocycles. The van der Waals surface area contributed by atoms with E-state index in [-0.39, 0.29) is 22.8 Å². The molecule has 0 atom stereocenters. The number of nitro benzene ring substituents is 1. The van der Waals surface area contributed by atoms with Crippen LogP contribution in [0.5, 0.6) is 0 Å². The average Bonchev–Trinajstić information content (AvgIpc) is 2.74. The van der Waals surface area contributed by atoms with Crippen molar-refractivity contribution in [2.45, 2.75) is 6.92 Å². The highest BCUT2D eigenvalue weighted by Gasteiger charge is 2.20. The van der Waals surface area contributed by atoms with Gasteiger partial charge in [-0.3, -0.25) is 24.5 Å². The van der Waals surface area contributed by atoms with Gasteiger partial charge in [0.1, 0.15) is 11.5 Å². The summed E-state index contributed by atoms with van der Waals surface area (Å²) in [5.41, 5.74) is 1.57. The fourth-order valence-electron chi connectivity index (χ4n) is 3.12. The molecule has 7 nitrogen and oxygen atoms in total. The topological polar surface area (TPSA) is 90.9 Å². The molecule has 0 aliphatic rings. The van der Waals surface area contributed by atoms with E-state index in [0.29, 0.717) is 16.6 Å². The minimum absolute atomic E-state index is 0.156. The van der Waals surface area contributed by atoms with Crippen LogP contribution in [0.1, 0.15) is 17.1 Å². The van der Waals surface area contributed by atoms with Crippen LogP contribution in [0.4, 0.5) is 5.69 Å². The first-order valence-corrected chi connectivity index (χ1v) is 10.1. The van der Waals surface area contributed by atoms with Gasteiger partial charge in [0, 0.05) is 15.8 Å². The predicted octanol–water partition coefficient (Wildman–Crippen LogP) is 4.77. The van der Waals surface area contributed by atoms with Crippen molar-refractivity contribution in [3.63, 3.8) is 0 Å². The molecule has 4 rings (SSSR count). The van der Waals surface area contributed by atoms with E-state index in [1.807, 2.05) is 18.2 Å². The Kier molecular flexibility index (Phi) is 5.40. The molecule has 30 heavy (non-hydrogen) atoms. The number of aromatic nitrogens is 3. The minimum Gasteiger partial charge on any atom is -0.268 e. The van der Waals surface area contributed by atoms with Crippen molar-refractivity contribution < 1.29 is 4.92 Å². The van der Waals surface area contributed by atoms with Gasteiger partial charge in [0.25, 0.3) is 11.2 Å². The zero-order valence-electron chi connectivity index (χ0n) is 15.8. The molecule has 0 fully saturated rings. The van der Waals surface area contributed by atoms with Gasteiger partial charge in [0.05, 0.1) is 21.5 Å². The number of aryl methyl sites for hydroxylation is 1. The molecule has 8 heteroatoms. The third-order valence-corrected chi connectivity index (χ3v) is 5.19. The van der Waals surface area contributed by atoms with Crippen LogP contribution in [0.25, 0.3) is 28.7 Å². The second kappa shape index (κ2) is 8.15. The van der Waals surface area contributed by atoms with Crippen LogP contribution in [0.15, 0.2) is 65.6 Å². The van der Waals surface area contributed by atoms with Crippen molar-refractivity contribution in [1.29, 1.82) is 0 Å². The third-order valence-electron chi connectivity index (χ3n) is 4.52. The summed E-state index contributed by atoms with van der Waals surface area (Å²) in [7, 11) is 0. The lowest BCUT2D eigenvalue weighted by Gasteiger charge is -2.12. The van der Waals surface area contributed by atoms with Crippen molar-refractivity contribution in [3.05, 3.63) is 102 Å². The Labute approximate surface area is 185 Å². The maximum atomic E-state index is 13.4. The molecule has 0 unspecified atom stereocenters. The number of hydrogen-bond donors (Lipinski definition) is 0. The van der Waals surface area contributed by atoms with Crippen LogP contribution < -0.4 is 5.56 Å². The monoisotopic (exact) mass is 510 g/mol. The Bertz CT molecular complexity index is 1360. The van der Waals surface area contributed by atoms with Crippen LogP contribution in [-0.2, 0) is 0 Å². The first-order valence-electron chi connectivity index (χ1n) is 9.01. The van der Waals surface area contributed by atoms with Crippen molar-refractivity contribution in [3.8, 4) is 5.69 Å². The number of benzene rings is 2. The molecule has 0 bridgehead atoms. The Morgan fingerprint density at radius 3 is 2.67 bits per heavy atom. The number of fused-ring (bicyclic) bond motifs is 1. The zero-order chi connectivity index (χ0) is 21.3. The quantitative estimate of drug-likeness (QED) is 0.224. The molecule has 0 saturated carbocycles. The van der Waals surface area contributed by atoms with Gasteiger partial charge in [-0.1, -0.05) is 12.1 Å². The summed E-state index contributed by atoms with van der Waals surface area (Å²) in [4.78, 5) is 33.5. The van der Waals surface area contributed by atoms with Crippen molar-refractivity contribution >= 4 is 51.3 Å². The number of nitrogens with zero attached hydrogens (tertiary/aromatic N) is 4. The molecule has 148 valence electrons. The molecule has 0 N–H and O–H groups in total. The smallest absolute Gasteiger partial charge is 0.268 e. The fraction of sp³-hybridized carbons (Fsp3) is 0.0455. The Morgan fingerprint density at radius 1 is 1.10 bits per heavy atom. The lowest BCUT2D eigenvalue weighted by molar-refractivity contribution is -0.384. The summed E-state index contributed by atoms with van der Waals surface area (Å²) in [5, 5.41) is 12.1. The maximum absolute atomic E-state index is 13.4. The molecular formula is C22H15IN4O3. The van der Waals surface area contributed by atoms with Gasteiger partial charge in [-0.15, -0.1) is 0 Å². The van der Waals surface area contributed by atoms with E-state index < -0.39 is 4.92 Å². The van der Waals surface area contributed by atoms with Crippen LogP contribution in [0, 0.1) is 20.6 Å². The van der Waals surface area contributed by atoms with Crippen molar-refractivity contribution in [2.75, 3.05) is 0 Å². The van der Waals surface area contributed by atoms with Gasteiger partial charge in [-0.05, 0) is 83.6 Å². The molecule has 2 aromatic heterocycles. The first-order chi connectivity index (χ1) is 14.4. The standard InChI is InChI=1S/C22H15IN4O3/c1-14-5-9-19(20(12-14)27(29)30)26-21(10-7-16-4-2-3-11-24-16)25-18-8-6-15(23)13-17(18)22(26)28/h2-13H,1H3. The van der Waals surface area contributed by atoms with Gasteiger partial charge in [0.15, 0.2) is 0 Å². The lowest BCUT2D eigenvalue weighted by atomic mass is 10.1. The molecule has 0 aliphatic heterocycles. The molecule has 0 radical (unpaired) electrons. The summed E-state index contributed by atoms with van der Waals surface area (Å²) in [5.74, 6) is 0.284. The number of halogens is 1. The van der Waals surface area contributed by atoms with Crippen LogP contribution >= 0.6 is 22.6 Å². The highest BCUT2D eigenvalue weighted by Crippen LogP contribution is 2.25. The van der Waals surface area contributed by atoms with E-state index in [0.717, 1.165) is 9.13 Å². The van der Waals surface area contributed by atoms with Gasteiger partial charge < -0.3 is 0 Å². The van der Waals surface area contributed by atoms with Gasteiger partial charge in [-0.25, -0.2) is 4.98 Å². The Hall–Kier alpha value is -3.40. The van der Waals surface area contributed by atoms with E-state index in [1.165, 1.54) is 10.6 Å². The Morgan fingerprint density at radius 2 is 1.93 bits per heavy atom. The highest BCUT2D eigenvalue weighted by molar-refractivity contribution is 14.1. The SMILES string of the molecule is Cc1ccc(-n2c(C=Cc3ccccn3)nc3ccc(I)cc3c2=O)c([N+](=O)[O-])c1. The van der Waals surface area contributed by atoms with Crippen LogP contribution in [0.3, 0.4) is 0 Å².